The lowest BCUT2D eigenvalue weighted by molar-refractivity contribution is -0.116. The SMILES string of the molecule is Cc1ncsc1CN(C)CC1(C=O)CCCC1. The molecule has 0 atom stereocenters. The van der Waals surface area contributed by atoms with Gasteiger partial charge >= 0.3 is 0 Å². The van der Waals surface area contributed by atoms with E-state index >= 15 is 0 Å². The lowest BCUT2D eigenvalue weighted by Crippen LogP contribution is -2.34. The molecule has 0 aromatic carbocycles. The topological polar surface area (TPSA) is 33.2 Å². The minimum atomic E-state index is -0.0760. The fourth-order valence-corrected chi connectivity index (χ4v) is 3.57. The van der Waals surface area contributed by atoms with Gasteiger partial charge in [-0.3, -0.25) is 0 Å². The standard InChI is InChI=1S/C13H20N2OS/c1-11-12(17-10-14-11)7-15(2)8-13(9-16)5-3-4-6-13/h9-10H,3-8H2,1-2H3. The Kier molecular flexibility index (Phi) is 3.94. The van der Waals surface area contributed by atoms with Crippen LogP contribution in [0.4, 0.5) is 0 Å². The molecule has 94 valence electrons. The smallest absolute Gasteiger partial charge is 0.127 e. The second-order valence-electron chi connectivity index (χ2n) is 5.22. The molecule has 1 aliphatic rings. The van der Waals surface area contributed by atoms with E-state index in [1.54, 1.807) is 11.3 Å². The van der Waals surface area contributed by atoms with Gasteiger partial charge in [0.15, 0.2) is 0 Å². The summed E-state index contributed by atoms with van der Waals surface area (Å²) in [7, 11) is 2.10. The summed E-state index contributed by atoms with van der Waals surface area (Å²) in [5, 5.41) is 0. The molecule has 4 heteroatoms. The number of nitrogens with zero attached hydrogens (tertiary/aromatic N) is 2. The number of aldehydes is 1. The monoisotopic (exact) mass is 252 g/mol. The zero-order chi connectivity index (χ0) is 12.3. The Morgan fingerprint density at radius 2 is 2.24 bits per heavy atom. The third-order valence-corrected chi connectivity index (χ3v) is 4.61. The number of rotatable bonds is 5. The molecule has 0 radical (unpaired) electrons. The summed E-state index contributed by atoms with van der Waals surface area (Å²) in [5.41, 5.74) is 2.94. The zero-order valence-electron chi connectivity index (χ0n) is 10.6. The predicted molar refractivity (Wildman–Crippen MR) is 70.2 cm³/mol. The van der Waals surface area contributed by atoms with Crippen molar-refractivity contribution in [1.82, 2.24) is 9.88 Å². The van der Waals surface area contributed by atoms with Gasteiger partial charge in [-0.25, -0.2) is 4.98 Å². The van der Waals surface area contributed by atoms with E-state index in [4.69, 9.17) is 0 Å². The number of carbonyl (C=O) groups is 1. The van der Waals surface area contributed by atoms with Crippen LogP contribution in [0.3, 0.4) is 0 Å². The molecule has 1 fully saturated rings. The average molecular weight is 252 g/mol. The number of aromatic nitrogens is 1. The Morgan fingerprint density at radius 3 is 2.76 bits per heavy atom. The molecule has 1 heterocycles. The number of hydrogen-bond donors (Lipinski definition) is 0. The molecule has 1 aliphatic carbocycles. The molecule has 1 saturated carbocycles. The predicted octanol–water partition coefficient (Wildman–Crippen LogP) is 2.64. The van der Waals surface area contributed by atoms with Crippen LogP contribution in [-0.4, -0.2) is 29.8 Å². The molecule has 0 spiro atoms. The van der Waals surface area contributed by atoms with Crippen molar-refractivity contribution in [2.75, 3.05) is 13.6 Å². The first-order valence-corrected chi connectivity index (χ1v) is 7.07. The van der Waals surface area contributed by atoms with Gasteiger partial charge in [-0.2, -0.15) is 0 Å². The van der Waals surface area contributed by atoms with Gasteiger partial charge in [-0.05, 0) is 26.8 Å². The molecule has 1 aromatic heterocycles. The van der Waals surface area contributed by atoms with Crippen molar-refractivity contribution < 1.29 is 4.79 Å². The lowest BCUT2D eigenvalue weighted by Gasteiger charge is -2.28. The normalized spacial score (nSPS) is 18.8. The quantitative estimate of drug-likeness (QED) is 0.755. The molecule has 0 amide bonds. The van der Waals surface area contributed by atoms with Crippen molar-refractivity contribution in [3.8, 4) is 0 Å². The van der Waals surface area contributed by atoms with Gasteiger partial charge in [0.1, 0.15) is 6.29 Å². The summed E-state index contributed by atoms with van der Waals surface area (Å²) in [5.74, 6) is 0. The summed E-state index contributed by atoms with van der Waals surface area (Å²) in [6.07, 6.45) is 5.71. The number of thiazole rings is 1. The Balaban J connectivity index is 1.94. The van der Waals surface area contributed by atoms with Crippen LogP contribution < -0.4 is 0 Å². The van der Waals surface area contributed by atoms with E-state index < -0.39 is 0 Å². The maximum absolute atomic E-state index is 11.3. The number of aryl methyl sites for hydroxylation is 1. The summed E-state index contributed by atoms with van der Waals surface area (Å²) in [4.78, 5) is 19.1. The Bertz CT molecular complexity index is 383. The minimum absolute atomic E-state index is 0.0760. The van der Waals surface area contributed by atoms with Gasteiger partial charge in [0.25, 0.3) is 0 Å². The van der Waals surface area contributed by atoms with Crippen molar-refractivity contribution >= 4 is 17.6 Å². The van der Waals surface area contributed by atoms with Crippen molar-refractivity contribution in [3.05, 3.63) is 16.1 Å². The molecule has 0 saturated heterocycles. The highest BCUT2D eigenvalue weighted by atomic mass is 32.1. The molecular weight excluding hydrogens is 232 g/mol. The van der Waals surface area contributed by atoms with Gasteiger partial charge < -0.3 is 9.69 Å². The Hall–Kier alpha value is -0.740. The van der Waals surface area contributed by atoms with Crippen molar-refractivity contribution in [1.29, 1.82) is 0 Å². The van der Waals surface area contributed by atoms with Crippen LogP contribution in [-0.2, 0) is 11.3 Å². The third kappa shape index (κ3) is 2.93. The Labute approximate surface area is 107 Å². The molecule has 0 N–H and O–H groups in total. The van der Waals surface area contributed by atoms with Crippen LogP contribution in [0.1, 0.15) is 36.3 Å². The van der Waals surface area contributed by atoms with E-state index in [0.717, 1.165) is 31.6 Å². The molecule has 0 bridgehead atoms. The van der Waals surface area contributed by atoms with E-state index in [1.165, 1.54) is 24.0 Å². The largest absolute Gasteiger partial charge is 0.303 e. The number of hydrogen-bond acceptors (Lipinski definition) is 4. The maximum atomic E-state index is 11.3. The van der Waals surface area contributed by atoms with Crippen molar-refractivity contribution in [2.24, 2.45) is 5.41 Å². The van der Waals surface area contributed by atoms with Crippen LogP contribution in [0.2, 0.25) is 0 Å². The zero-order valence-corrected chi connectivity index (χ0v) is 11.4. The second kappa shape index (κ2) is 5.27. The van der Waals surface area contributed by atoms with Gasteiger partial charge in [0, 0.05) is 23.4 Å². The highest BCUT2D eigenvalue weighted by Gasteiger charge is 2.34. The van der Waals surface area contributed by atoms with Gasteiger partial charge in [-0.1, -0.05) is 12.8 Å². The lowest BCUT2D eigenvalue weighted by atomic mass is 9.87. The fourth-order valence-electron chi connectivity index (χ4n) is 2.71. The number of carbonyl (C=O) groups excluding carboxylic acids is 1. The van der Waals surface area contributed by atoms with E-state index in [2.05, 4.69) is 16.9 Å². The fraction of sp³-hybridized carbons (Fsp3) is 0.692. The van der Waals surface area contributed by atoms with Gasteiger partial charge in [-0.15, -0.1) is 11.3 Å². The average Bonchev–Trinajstić information content (AvgIpc) is 2.90. The molecule has 1 aromatic rings. The molecule has 3 nitrogen and oxygen atoms in total. The summed E-state index contributed by atoms with van der Waals surface area (Å²) >= 11 is 1.70. The molecule has 17 heavy (non-hydrogen) atoms. The summed E-state index contributed by atoms with van der Waals surface area (Å²) in [6.45, 7) is 3.84. The van der Waals surface area contributed by atoms with Crippen LogP contribution in [0, 0.1) is 12.3 Å². The first-order chi connectivity index (χ1) is 8.15. The van der Waals surface area contributed by atoms with Crippen molar-refractivity contribution in [3.63, 3.8) is 0 Å². The maximum Gasteiger partial charge on any atom is 0.127 e. The molecule has 2 rings (SSSR count). The molecule has 0 unspecified atom stereocenters. The summed E-state index contributed by atoms with van der Waals surface area (Å²) < 4.78 is 0. The van der Waals surface area contributed by atoms with E-state index in [1.807, 2.05) is 12.4 Å². The highest BCUT2D eigenvalue weighted by Crippen LogP contribution is 2.37. The van der Waals surface area contributed by atoms with Crippen molar-refractivity contribution in [2.45, 2.75) is 39.2 Å². The van der Waals surface area contributed by atoms with E-state index in [9.17, 15) is 4.79 Å². The van der Waals surface area contributed by atoms with Gasteiger partial charge in [0.2, 0.25) is 0 Å². The highest BCUT2D eigenvalue weighted by molar-refractivity contribution is 7.09. The van der Waals surface area contributed by atoms with Crippen LogP contribution in [0.5, 0.6) is 0 Å². The second-order valence-corrected chi connectivity index (χ2v) is 6.16. The molecule has 0 aliphatic heterocycles. The van der Waals surface area contributed by atoms with Crippen LogP contribution >= 0.6 is 11.3 Å². The minimum Gasteiger partial charge on any atom is -0.303 e. The van der Waals surface area contributed by atoms with Gasteiger partial charge in [0.05, 0.1) is 11.2 Å². The third-order valence-electron chi connectivity index (χ3n) is 3.69. The molecular formula is C13H20N2OS. The first-order valence-electron chi connectivity index (χ1n) is 6.19. The van der Waals surface area contributed by atoms with E-state index in [0.29, 0.717) is 0 Å². The summed E-state index contributed by atoms with van der Waals surface area (Å²) in [6, 6.07) is 0. The first kappa shape index (κ1) is 12.7. The van der Waals surface area contributed by atoms with E-state index in [-0.39, 0.29) is 5.41 Å². The van der Waals surface area contributed by atoms with Crippen LogP contribution in [0.15, 0.2) is 5.51 Å². The Morgan fingerprint density at radius 1 is 1.53 bits per heavy atom. The van der Waals surface area contributed by atoms with Crippen LogP contribution in [0.25, 0.3) is 0 Å².